The third-order valence-electron chi connectivity index (χ3n) is 7.67. The van der Waals surface area contributed by atoms with Gasteiger partial charge in [-0.1, -0.05) is 102 Å². The van der Waals surface area contributed by atoms with Crippen LogP contribution in [-0.2, 0) is 4.74 Å². The highest BCUT2D eigenvalue weighted by Crippen LogP contribution is 2.44. The molecule has 172 valence electrons. The quantitative estimate of drug-likeness (QED) is 0.343. The van der Waals surface area contributed by atoms with Crippen molar-refractivity contribution in [2.24, 2.45) is 0 Å². The smallest absolute Gasteiger partial charge is 0.118 e. The van der Waals surface area contributed by atoms with Crippen LogP contribution in [0.15, 0.2) is 54.8 Å². The second-order valence-corrected chi connectivity index (χ2v) is 21.0. The second kappa shape index (κ2) is 8.71. The third-order valence-corrected chi connectivity index (χ3v) is 16.9. The lowest BCUT2D eigenvalue weighted by Crippen LogP contribution is -2.55. The predicted molar refractivity (Wildman–Crippen MR) is 145 cm³/mol. The Balaban J connectivity index is 2.29. The van der Waals surface area contributed by atoms with Crippen LogP contribution < -0.4 is 15.1 Å². The SMILES string of the molecule is C=CCOc1c([Si](C)(C)C2C(OC)=Cc3ccccc32)cc(C)cc1[Si](C)(C)C(C)(C)C. The standard InChI is InChI=1S/C28H40O2Si2/c1-11-16-30-26-24(17-20(2)18-25(26)32(9,10)28(3,4)5)31(7,8)27-22-15-13-12-14-21(22)19-23(27)29-6/h11-15,17-19,27H,1,16H2,2-10H3. The van der Waals surface area contributed by atoms with Gasteiger partial charge in [-0.15, -0.1) is 0 Å². The van der Waals surface area contributed by atoms with Gasteiger partial charge < -0.3 is 9.47 Å². The topological polar surface area (TPSA) is 18.5 Å². The Morgan fingerprint density at radius 3 is 2.25 bits per heavy atom. The molecule has 0 N–H and O–H groups in total. The van der Waals surface area contributed by atoms with Gasteiger partial charge in [-0.05, 0) is 39.5 Å². The first-order valence-corrected chi connectivity index (χ1v) is 17.7. The first-order valence-electron chi connectivity index (χ1n) is 11.6. The van der Waals surface area contributed by atoms with E-state index < -0.39 is 16.1 Å². The highest BCUT2D eigenvalue weighted by molar-refractivity contribution is 6.95. The van der Waals surface area contributed by atoms with Crippen LogP contribution in [0.5, 0.6) is 5.75 Å². The molecular formula is C28H40O2Si2. The van der Waals surface area contributed by atoms with Gasteiger partial charge >= 0.3 is 0 Å². The minimum atomic E-state index is -2.11. The van der Waals surface area contributed by atoms with Crippen LogP contribution >= 0.6 is 0 Å². The van der Waals surface area contributed by atoms with Gasteiger partial charge in [-0.3, -0.25) is 0 Å². The van der Waals surface area contributed by atoms with Crippen molar-refractivity contribution >= 4 is 32.6 Å². The number of benzene rings is 2. The predicted octanol–water partition coefficient (Wildman–Crippen LogP) is 6.51. The number of hydrogen-bond acceptors (Lipinski definition) is 2. The number of ether oxygens (including phenoxy) is 2. The number of allylic oxidation sites excluding steroid dienone is 1. The van der Waals surface area contributed by atoms with Gasteiger partial charge in [0.25, 0.3) is 0 Å². The van der Waals surface area contributed by atoms with E-state index in [2.05, 4.69) is 103 Å². The van der Waals surface area contributed by atoms with Crippen molar-refractivity contribution in [1.29, 1.82) is 0 Å². The van der Waals surface area contributed by atoms with E-state index in [0.717, 1.165) is 11.5 Å². The molecule has 4 heteroatoms. The lowest BCUT2D eigenvalue weighted by molar-refractivity contribution is 0.285. The van der Waals surface area contributed by atoms with Gasteiger partial charge in [0.05, 0.1) is 15.2 Å². The first-order chi connectivity index (χ1) is 14.9. The molecule has 1 atom stereocenters. The Morgan fingerprint density at radius 1 is 1.03 bits per heavy atom. The normalized spacial score (nSPS) is 16.4. The Kier molecular flexibility index (Phi) is 6.70. The summed E-state index contributed by atoms with van der Waals surface area (Å²) in [6.45, 7) is 23.7. The zero-order chi connectivity index (χ0) is 23.9. The van der Waals surface area contributed by atoms with Crippen molar-refractivity contribution in [1.82, 2.24) is 0 Å². The Bertz CT molecular complexity index is 1040. The maximum Gasteiger partial charge on any atom is 0.118 e. The molecule has 0 saturated carbocycles. The molecule has 2 nitrogen and oxygen atoms in total. The fraction of sp³-hybridized carbons (Fsp3) is 0.429. The summed E-state index contributed by atoms with van der Waals surface area (Å²) in [5.74, 6) is 2.19. The highest BCUT2D eigenvalue weighted by atomic mass is 28.3. The molecule has 0 fully saturated rings. The number of rotatable bonds is 7. The van der Waals surface area contributed by atoms with Gasteiger partial charge in [0.15, 0.2) is 0 Å². The fourth-order valence-corrected chi connectivity index (χ4v) is 10.7. The Labute approximate surface area is 197 Å². The molecule has 32 heavy (non-hydrogen) atoms. The van der Waals surface area contributed by atoms with Crippen LogP contribution in [0, 0.1) is 6.92 Å². The zero-order valence-electron chi connectivity index (χ0n) is 21.4. The fourth-order valence-electron chi connectivity index (χ4n) is 4.79. The van der Waals surface area contributed by atoms with E-state index in [1.54, 1.807) is 0 Å². The summed E-state index contributed by atoms with van der Waals surface area (Å²) in [7, 11) is -2.14. The molecule has 0 spiro atoms. The minimum Gasteiger partial charge on any atom is -0.501 e. The van der Waals surface area contributed by atoms with Gasteiger partial charge in [0, 0.05) is 5.54 Å². The summed E-state index contributed by atoms with van der Waals surface area (Å²) < 4.78 is 12.5. The molecule has 2 aromatic carbocycles. The van der Waals surface area contributed by atoms with Gasteiger partial charge in [-0.2, -0.15) is 0 Å². The second-order valence-electron chi connectivity index (χ2n) is 11.2. The van der Waals surface area contributed by atoms with E-state index in [4.69, 9.17) is 9.47 Å². The van der Waals surface area contributed by atoms with Crippen LogP contribution in [0.4, 0.5) is 0 Å². The zero-order valence-corrected chi connectivity index (χ0v) is 23.4. The third kappa shape index (κ3) is 4.15. The molecule has 0 radical (unpaired) electrons. The molecule has 1 aliphatic carbocycles. The first kappa shape index (κ1) is 24.6. The van der Waals surface area contributed by atoms with Crippen molar-refractivity contribution in [3.05, 3.63) is 71.5 Å². The van der Waals surface area contributed by atoms with Crippen molar-refractivity contribution in [2.45, 2.75) is 64.5 Å². The largest absolute Gasteiger partial charge is 0.501 e. The van der Waals surface area contributed by atoms with Gasteiger partial charge in [0.2, 0.25) is 0 Å². The average Bonchev–Trinajstić information content (AvgIpc) is 3.11. The van der Waals surface area contributed by atoms with Crippen LogP contribution in [0.2, 0.25) is 31.2 Å². The van der Waals surface area contributed by atoms with E-state index in [0.29, 0.717) is 6.61 Å². The molecule has 0 aliphatic heterocycles. The van der Waals surface area contributed by atoms with Crippen LogP contribution in [0.3, 0.4) is 0 Å². The number of fused-ring (bicyclic) bond motifs is 1. The monoisotopic (exact) mass is 464 g/mol. The molecule has 3 rings (SSSR count). The molecule has 2 aromatic rings. The number of aryl methyl sites for hydroxylation is 1. The molecule has 1 aliphatic rings. The Hall–Kier alpha value is -2.05. The van der Waals surface area contributed by atoms with Gasteiger partial charge in [0.1, 0.15) is 26.2 Å². The number of hydrogen-bond donors (Lipinski definition) is 0. The lowest BCUT2D eigenvalue weighted by atomic mass is 10.1. The molecule has 0 heterocycles. The molecule has 1 unspecified atom stereocenters. The summed E-state index contributed by atoms with van der Waals surface area (Å²) >= 11 is 0. The summed E-state index contributed by atoms with van der Waals surface area (Å²) in [6.07, 6.45) is 4.09. The minimum absolute atomic E-state index is 0.216. The van der Waals surface area contributed by atoms with Crippen LogP contribution in [0.25, 0.3) is 6.08 Å². The maximum absolute atomic E-state index is 6.55. The lowest BCUT2D eigenvalue weighted by Gasteiger charge is -2.41. The highest BCUT2D eigenvalue weighted by Gasteiger charge is 2.46. The van der Waals surface area contributed by atoms with Crippen molar-refractivity contribution in [3.8, 4) is 5.75 Å². The summed E-state index contributed by atoms with van der Waals surface area (Å²) in [5.41, 5.74) is 4.25. The molecule has 0 bridgehead atoms. The van der Waals surface area contributed by atoms with Crippen molar-refractivity contribution in [2.75, 3.05) is 13.7 Å². The molecule has 0 saturated heterocycles. The molecule has 0 amide bonds. The van der Waals surface area contributed by atoms with Crippen molar-refractivity contribution < 1.29 is 9.47 Å². The van der Waals surface area contributed by atoms with Gasteiger partial charge in [-0.25, -0.2) is 0 Å². The molecule has 0 aromatic heterocycles. The van der Waals surface area contributed by atoms with E-state index >= 15 is 0 Å². The number of methoxy groups -OCH3 is 1. The maximum atomic E-state index is 6.55. The van der Waals surface area contributed by atoms with E-state index in [1.165, 1.54) is 27.1 Å². The van der Waals surface area contributed by atoms with Crippen molar-refractivity contribution in [3.63, 3.8) is 0 Å². The van der Waals surface area contributed by atoms with E-state index in [1.807, 2.05) is 13.2 Å². The van der Waals surface area contributed by atoms with E-state index in [9.17, 15) is 0 Å². The summed E-state index contributed by atoms with van der Waals surface area (Å²) in [4.78, 5) is 0. The summed E-state index contributed by atoms with van der Waals surface area (Å²) in [6, 6.07) is 13.5. The average molecular weight is 465 g/mol. The van der Waals surface area contributed by atoms with E-state index in [-0.39, 0.29) is 10.6 Å². The molecular weight excluding hydrogens is 424 g/mol. The van der Waals surface area contributed by atoms with Crippen LogP contribution in [-0.4, -0.2) is 29.9 Å². The Morgan fingerprint density at radius 2 is 1.66 bits per heavy atom. The van der Waals surface area contributed by atoms with Crippen LogP contribution in [0.1, 0.15) is 43.0 Å². The summed E-state index contributed by atoms with van der Waals surface area (Å²) in [5, 5.41) is 3.04.